The fraction of sp³-hybridized carbons (Fsp3) is 0.296. The first-order valence-electron chi connectivity index (χ1n) is 10.7. The van der Waals surface area contributed by atoms with Gasteiger partial charge in [0.15, 0.2) is 0 Å². The number of hydrogen-bond donors (Lipinski definition) is 2. The number of aliphatic hydroxyl groups excluding tert-OH is 1. The minimum absolute atomic E-state index is 0.255. The highest BCUT2D eigenvalue weighted by atomic mass is 16.5. The van der Waals surface area contributed by atoms with E-state index in [9.17, 15) is 0 Å². The molecular weight excluding hydrogens is 386 g/mol. The molecule has 0 aliphatic heterocycles. The number of nitrogens with one attached hydrogen (secondary N) is 1. The van der Waals surface area contributed by atoms with Crippen molar-refractivity contribution in [1.29, 1.82) is 5.41 Å². The van der Waals surface area contributed by atoms with Gasteiger partial charge in [-0.2, -0.15) is 0 Å². The van der Waals surface area contributed by atoms with E-state index >= 15 is 0 Å². The van der Waals surface area contributed by atoms with Gasteiger partial charge in [0, 0.05) is 7.11 Å². The molecular formula is C27H31NO3. The quantitative estimate of drug-likeness (QED) is 0.430. The molecule has 0 heterocycles. The molecule has 1 aliphatic rings. The van der Waals surface area contributed by atoms with Crippen molar-refractivity contribution < 1.29 is 14.6 Å². The highest BCUT2D eigenvalue weighted by molar-refractivity contribution is 5.99. The van der Waals surface area contributed by atoms with Gasteiger partial charge in [-0.25, -0.2) is 0 Å². The van der Waals surface area contributed by atoms with Crippen molar-refractivity contribution in [3.63, 3.8) is 0 Å². The number of benzene rings is 3. The Kier molecular flexibility index (Phi) is 8.25. The lowest BCUT2D eigenvalue weighted by molar-refractivity contribution is 0.305. The van der Waals surface area contributed by atoms with Crippen LogP contribution in [0.3, 0.4) is 0 Å². The van der Waals surface area contributed by atoms with E-state index in [-0.39, 0.29) is 6.61 Å². The molecule has 4 heteroatoms. The van der Waals surface area contributed by atoms with Gasteiger partial charge in [0.25, 0.3) is 0 Å². The van der Waals surface area contributed by atoms with Crippen LogP contribution in [-0.4, -0.2) is 24.5 Å². The van der Waals surface area contributed by atoms with E-state index in [1.807, 2.05) is 54.6 Å². The lowest BCUT2D eigenvalue weighted by atomic mass is 9.96. The van der Waals surface area contributed by atoms with Crippen molar-refractivity contribution in [2.24, 2.45) is 5.92 Å². The number of aliphatic hydroxyl groups is 1. The molecule has 0 spiro atoms. The molecule has 162 valence electrons. The van der Waals surface area contributed by atoms with Crippen LogP contribution in [0, 0.1) is 11.3 Å². The third-order valence-electron chi connectivity index (χ3n) is 5.57. The summed E-state index contributed by atoms with van der Waals surface area (Å²) in [5.41, 5.74) is 3.85. The van der Waals surface area contributed by atoms with Crippen LogP contribution in [0.15, 0.2) is 78.9 Å². The van der Waals surface area contributed by atoms with Crippen molar-refractivity contribution in [2.75, 3.05) is 13.7 Å². The second kappa shape index (κ2) is 11.3. The van der Waals surface area contributed by atoms with Gasteiger partial charge in [-0.15, -0.1) is 0 Å². The first-order valence-corrected chi connectivity index (χ1v) is 10.7. The number of ether oxygens (including phenoxy) is 2. The second-order valence-electron chi connectivity index (χ2n) is 7.76. The Labute approximate surface area is 185 Å². The van der Waals surface area contributed by atoms with E-state index in [0.717, 1.165) is 35.7 Å². The first kappa shape index (κ1) is 22.6. The molecule has 0 bridgehead atoms. The zero-order valence-electron chi connectivity index (χ0n) is 18.3. The maximum absolute atomic E-state index is 8.11. The van der Waals surface area contributed by atoms with Crippen LogP contribution in [-0.2, 0) is 6.61 Å². The smallest absolute Gasteiger partial charge is 0.130 e. The topological polar surface area (TPSA) is 62.5 Å². The van der Waals surface area contributed by atoms with Gasteiger partial charge >= 0.3 is 0 Å². The monoisotopic (exact) mass is 417 g/mol. The van der Waals surface area contributed by atoms with Crippen LogP contribution in [0.25, 0.3) is 0 Å². The van der Waals surface area contributed by atoms with E-state index in [1.165, 1.54) is 18.4 Å². The molecule has 0 amide bonds. The summed E-state index contributed by atoms with van der Waals surface area (Å²) in [4.78, 5) is 0. The largest absolute Gasteiger partial charge is 0.489 e. The molecule has 1 unspecified atom stereocenters. The fourth-order valence-electron chi connectivity index (χ4n) is 3.46. The van der Waals surface area contributed by atoms with Gasteiger partial charge in [-0.05, 0) is 65.6 Å². The molecule has 4 nitrogen and oxygen atoms in total. The molecule has 1 atom stereocenters. The third kappa shape index (κ3) is 6.69. The van der Waals surface area contributed by atoms with E-state index in [2.05, 4.69) is 31.2 Å². The van der Waals surface area contributed by atoms with Crippen LogP contribution >= 0.6 is 0 Å². The molecule has 0 radical (unpaired) electrons. The minimum Gasteiger partial charge on any atom is -0.489 e. The molecule has 0 saturated heterocycles. The summed E-state index contributed by atoms with van der Waals surface area (Å²) in [7, 11) is 1.00. The second-order valence-corrected chi connectivity index (χ2v) is 7.76. The summed E-state index contributed by atoms with van der Waals surface area (Å²) < 4.78 is 11.7. The Morgan fingerprint density at radius 1 is 0.871 bits per heavy atom. The van der Waals surface area contributed by atoms with Crippen LogP contribution < -0.4 is 9.47 Å². The van der Waals surface area contributed by atoms with Crippen LogP contribution in [0.4, 0.5) is 0 Å². The van der Waals surface area contributed by atoms with Crippen molar-refractivity contribution in [2.45, 2.75) is 32.3 Å². The highest BCUT2D eigenvalue weighted by Crippen LogP contribution is 2.42. The SMILES string of the molecule is CC(c1ccc(OCc2ccc(OCC(=N)c3ccccc3)cc2)cc1)C1CC1.CO. The van der Waals surface area contributed by atoms with Crippen LogP contribution in [0.2, 0.25) is 0 Å². The molecule has 31 heavy (non-hydrogen) atoms. The molecule has 4 rings (SSSR count). The molecule has 1 aliphatic carbocycles. The Bertz CT molecular complexity index is 932. The molecule has 1 saturated carbocycles. The molecule has 1 fully saturated rings. The fourth-order valence-corrected chi connectivity index (χ4v) is 3.46. The summed E-state index contributed by atoms with van der Waals surface area (Å²) in [6.45, 7) is 3.10. The zero-order chi connectivity index (χ0) is 22.1. The summed E-state index contributed by atoms with van der Waals surface area (Å²) in [5, 5.41) is 15.1. The third-order valence-corrected chi connectivity index (χ3v) is 5.57. The molecule has 3 aromatic rings. The molecule has 3 aromatic carbocycles. The van der Waals surface area contributed by atoms with E-state index < -0.39 is 0 Å². The van der Waals surface area contributed by atoms with Crippen molar-refractivity contribution in [3.8, 4) is 11.5 Å². The predicted molar refractivity (Wildman–Crippen MR) is 125 cm³/mol. The van der Waals surface area contributed by atoms with Gasteiger partial charge in [0.2, 0.25) is 0 Å². The first-order chi connectivity index (χ1) is 15.2. The normalized spacial score (nSPS) is 13.5. The number of rotatable bonds is 9. The standard InChI is InChI=1S/C26H27NO2.CH4O/c1-19(21-9-10-21)22-11-15-25(16-12-22)28-17-20-7-13-24(14-8-20)29-18-26(27)23-5-3-2-4-6-23;1-2/h2-8,11-16,19,21,27H,9-10,17-18H2,1H3;2H,1H3. The average Bonchev–Trinajstić information content (AvgIpc) is 3.69. The van der Waals surface area contributed by atoms with Crippen molar-refractivity contribution in [3.05, 3.63) is 95.6 Å². The maximum atomic E-state index is 8.11. The Hall–Kier alpha value is -3.11. The lowest BCUT2D eigenvalue weighted by Gasteiger charge is -2.12. The maximum Gasteiger partial charge on any atom is 0.130 e. The Morgan fingerprint density at radius 2 is 1.45 bits per heavy atom. The van der Waals surface area contributed by atoms with Gasteiger partial charge < -0.3 is 20.0 Å². The van der Waals surface area contributed by atoms with Crippen LogP contribution in [0.1, 0.15) is 42.4 Å². The summed E-state index contributed by atoms with van der Waals surface area (Å²) in [6.07, 6.45) is 2.74. The summed E-state index contributed by atoms with van der Waals surface area (Å²) >= 11 is 0. The Morgan fingerprint density at radius 3 is 2.06 bits per heavy atom. The van der Waals surface area contributed by atoms with E-state index in [0.29, 0.717) is 18.2 Å². The summed E-state index contributed by atoms with van der Waals surface area (Å²) in [6, 6.07) is 26.0. The van der Waals surface area contributed by atoms with Gasteiger partial charge in [-0.1, -0.05) is 61.5 Å². The van der Waals surface area contributed by atoms with Crippen LogP contribution in [0.5, 0.6) is 11.5 Å². The summed E-state index contributed by atoms with van der Waals surface area (Å²) in [5.74, 6) is 3.18. The van der Waals surface area contributed by atoms with E-state index in [4.69, 9.17) is 20.0 Å². The van der Waals surface area contributed by atoms with E-state index in [1.54, 1.807) is 0 Å². The van der Waals surface area contributed by atoms with Crippen molar-refractivity contribution in [1.82, 2.24) is 0 Å². The van der Waals surface area contributed by atoms with Gasteiger partial charge in [-0.3, -0.25) is 0 Å². The Balaban J connectivity index is 0.00000132. The van der Waals surface area contributed by atoms with Crippen molar-refractivity contribution >= 4 is 5.71 Å². The predicted octanol–water partition coefficient (Wildman–Crippen LogP) is 5.83. The average molecular weight is 418 g/mol. The molecule has 2 N–H and O–H groups in total. The molecule has 0 aromatic heterocycles. The minimum atomic E-state index is 0.255. The lowest BCUT2D eigenvalue weighted by Crippen LogP contribution is -2.11. The van der Waals surface area contributed by atoms with Gasteiger partial charge in [0.05, 0.1) is 5.71 Å². The number of hydrogen-bond acceptors (Lipinski definition) is 4. The highest BCUT2D eigenvalue weighted by Gasteiger charge is 2.28. The van der Waals surface area contributed by atoms with Gasteiger partial charge in [0.1, 0.15) is 24.7 Å². The zero-order valence-corrected chi connectivity index (χ0v) is 18.3.